The second-order valence-corrected chi connectivity index (χ2v) is 12.3. The summed E-state index contributed by atoms with van der Waals surface area (Å²) in [6.07, 6.45) is -0.403. The molecule has 0 saturated carbocycles. The van der Waals surface area contributed by atoms with Crippen molar-refractivity contribution in [1.82, 2.24) is 9.88 Å². The van der Waals surface area contributed by atoms with Crippen LogP contribution in [-0.2, 0) is 21.3 Å². The van der Waals surface area contributed by atoms with Crippen molar-refractivity contribution in [3.63, 3.8) is 0 Å². The average molecular weight is 589 g/mol. The van der Waals surface area contributed by atoms with Crippen molar-refractivity contribution in [2.24, 2.45) is 0 Å². The van der Waals surface area contributed by atoms with Crippen molar-refractivity contribution < 1.29 is 31.1 Å². The zero-order valence-electron chi connectivity index (χ0n) is 20.6. The molecule has 2 aromatic carbocycles. The van der Waals surface area contributed by atoms with Gasteiger partial charge in [-0.25, -0.2) is 31.4 Å². The van der Waals surface area contributed by atoms with E-state index in [1.165, 1.54) is 43.8 Å². The number of likely N-dealkylation sites (tertiary alicyclic amines) is 1. The van der Waals surface area contributed by atoms with Gasteiger partial charge in [0.2, 0.25) is 0 Å². The van der Waals surface area contributed by atoms with Gasteiger partial charge in [-0.05, 0) is 51.9 Å². The number of nitrogens with one attached hydrogen (secondary N) is 1. The topological polar surface area (TPSA) is 91.8 Å². The molecule has 1 N–H and O–H groups in total. The number of halogens is 4. The fraction of sp³-hybridized carbons (Fsp3) is 0.333. The SMILES string of the molecule is CC(C)(C)OC(=O)N(c1cscn1)S(=O)(=O)c1c(F)cc(Nc2c(F)cccc2CN2CCC2)c(Cl)c1F. The maximum absolute atomic E-state index is 15.5. The number of hydrogen-bond acceptors (Lipinski definition) is 8. The highest BCUT2D eigenvalue weighted by Gasteiger charge is 2.40. The Morgan fingerprint density at radius 1 is 1.24 bits per heavy atom. The highest BCUT2D eigenvalue weighted by Crippen LogP contribution is 2.38. The second kappa shape index (κ2) is 10.7. The zero-order chi connectivity index (χ0) is 27.8. The molecule has 0 bridgehead atoms. The molecule has 4 rings (SSSR count). The summed E-state index contributed by atoms with van der Waals surface area (Å²) in [5.41, 5.74) is 0.192. The van der Waals surface area contributed by atoms with Crippen LogP contribution >= 0.6 is 22.9 Å². The number of sulfonamides is 1. The van der Waals surface area contributed by atoms with Gasteiger partial charge in [0.05, 0.1) is 16.9 Å². The summed E-state index contributed by atoms with van der Waals surface area (Å²) in [6, 6.07) is 4.98. The number of anilines is 3. The monoisotopic (exact) mass is 588 g/mol. The van der Waals surface area contributed by atoms with E-state index < -0.39 is 60.6 Å². The molecule has 3 aromatic rings. The van der Waals surface area contributed by atoms with Gasteiger partial charge in [-0.3, -0.25) is 4.90 Å². The fourth-order valence-electron chi connectivity index (χ4n) is 3.68. The van der Waals surface area contributed by atoms with Crippen LogP contribution in [0.3, 0.4) is 0 Å². The van der Waals surface area contributed by atoms with Crippen molar-refractivity contribution in [1.29, 1.82) is 0 Å². The predicted molar refractivity (Wildman–Crippen MR) is 139 cm³/mol. The van der Waals surface area contributed by atoms with Gasteiger partial charge in [0.1, 0.15) is 22.3 Å². The summed E-state index contributed by atoms with van der Waals surface area (Å²) in [6.45, 7) is 6.55. The summed E-state index contributed by atoms with van der Waals surface area (Å²) in [4.78, 5) is 17.2. The molecule has 204 valence electrons. The molecule has 0 radical (unpaired) electrons. The molecular weight excluding hydrogens is 565 g/mol. The van der Waals surface area contributed by atoms with Crippen molar-refractivity contribution in [2.45, 2.75) is 44.2 Å². The minimum Gasteiger partial charge on any atom is -0.443 e. The van der Waals surface area contributed by atoms with Crippen LogP contribution in [0.2, 0.25) is 5.02 Å². The number of thiazole rings is 1. The van der Waals surface area contributed by atoms with Crippen LogP contribution in [0.4, 0.5) is 35.2 Å². The standard InChI is InChI=1S/C24H24ClF3N4O4S2/c1-24(2,3)36-23(33)32(18-12-37-13-29-18)38(34,35)22-16(27)10-17(19(25)20(22)28)30-21-14(6-4-7-15(21)26)11-31-8-5-9-31/h4,6-7,10,12-13,30H,5,8-9,11H2,1-3H3. The smallest absolute Gasteiger partial charge is 0.430 e. The lowest BCUT2D eigenvalue weighted by atomic mass is 10.1. The van der Waals surface area contributed by atoms with Gasteiger partial charge in [-0.15, -0.1) is 15.6 Å². The maximum Gasteiger partial charge on any atom is 0.430 e. The molecule has 2 heterocycles. The molecule has 1 saturated heterocycles. The molecule has 1 fully saturated rings. The third-order valence-corrected chi connectivity index (χ3v) is 8.15. The van der Waals surface area contributed by atoms with Gasteiger partial charge in [0.15, 0.2) is 16.5 Å². The van der Waals surface area contributed by atoms with Crippen LogP contribution < -0.4 is 9.62 Å². The van der Waals surface area contributed by atoms with E-state index in [0.717, 1.165) is 30.8 Å². The molecule has 1 aromatic heterocycles. The maximum atomic E-state index is 15.5. The van der Waals surface area contributed by atoms with Crippen LogP contribution in [-0.4, -0.2) is 43.1 Å². The van der Waals surface area contributed by atoms with Crippen LogP contribution in [0.5, 0.6) is 0 Å². The lowest BCUT2D eigenvalue weighted by Gasteiger charge is -2.31. The Labute approximate surface area is 227 Å². The summed E-state index contributed by atoms with van der Waals surface area (Å²) >= 11 is 7.10. The van der Waals surface area contributed by atoms with Gasteiger partial charge < -0.3 is 10.1 Å². The van der Waals surface area contributed by atoms with Crippen LogP contribution in [0.15, 0.2) is 40.1 Å². The molecule has 1 aliphatic rings. The molecule has 14 heteroatoms. The summed E-state index contributed by atoms with van der Waals surface area (Å²) in [5.74, 6) is -4.32. The molecule has 38 heavy (non-hydrogen) atoms. The van der Waals surface area contributed by atoms with Gasteiger partial charge in [0.25, 0.3) is 10.0 Å². The number of aromatic nitrogens is 1. The van der Waals surface area contributed by atoms with E-state index in [2.05, 4.69) is 15.2 Å². The molecule has 0 spiro atoms. The van der Waals surface area contributed by atoms with E-state index in [-0.39, 0.29) is 9.99 Å². The molecule has 1 amide bonds. The average Bonchev–Trinajstić information content (AvgIpc) is 3.28. The first kappa shape index (κ1) is 28.1. The quantitative estimate of drug-likeness (QED) is 0.324. The molecule has 0 aliphatic carbocycles. The first-order valence-electron chi connectivity index (χ1n) is 11.4. The summed E-state index contributed by atoms with van der Waals surface area (Å²) in [5, 5.41) is 3.00. The minimum absolute atomic E-state index is 0.0476. The van der Waals surface area contributed by atoms with E-state index >= 15 is 8.78 Å². The van der Waals surface area contributed by atoms with E-state index in [1.54, 1.807) is 6.07 Å². The summed E-state index contributed by atoms with van der Waals surface area (Å²) in [7, 11) is -5.24. The third kappa shape index (κ3) is 5.75. The Balaban J connectivity index is 1.76. The Morgan fingerprint density at radius 2 is 1.95 bits per heavy atom. The van der Waals surface area contributed by atoms with Gasteiger partial charge in [0, 0.05) is 18.0 Å². The second-order valence-electron chi connectivity index (χ2n) is 9.49. The number of para-hydroxylation sites is 1. The minimum atomic E-state index is -5.24. The number of benzene rings is 2. The molecular formula is C24H24ClF3N4O4S2. The van der Waals surface area contributed by atoms with Crippen molar-refractivity contribution in [2.75, 3.05) is 22.7 Å². The Morgan fingerprint density at radius 3 is 2.53 bits per heavy atom. The van der Waals surface area contributed by atoms with Crippen LogP contribution in [0, 0.1) is 17.5 Å². The van der Waals surface area contributed by atoms with Crippen molar-refractivity contribution >= 4 is 56.2 Å². The number of amides is 1. The third-order valence-electron chi connectivity index (χ3n) is 5.50. The first-order valence-corrected chi connectivity index (χ1v) is 14.2. The van der Waals surface area contributed by atoms with Crippen molar-refractivity contribution in [3.05, 3.63) is 63.2 Å². The first-order chi connectivity index (χ1) is 17.8. The van der Waals surface area contributed by atoms with Crippen molar-refractivity contribution in [3.8, 4) is 0 Å². The molecule has 0 atom stereocenters. The molecule has 0 unspecified atom stereocenters. The van der Waals surface area contributed by atoms with E-state index in [0.29, 0.717) is 18.2 Å². The van der Waals surface area contributed by atoms with Crippen LogP contribution in [0.25, 0.3) is 0 Å². The Hall–Kier alpha value is -2.87. The molecule has 8 nitrogen and oxygen atoms in total. The predicted octanol–water partition coefficient (Wildman–Crippen LogP) is 6.29. The normalized spacial score (nSPS) is 14.2. The number of carbonyl (C=O) groups is 1. The highest BCUT2D eigenvalue weighted by molar-refractivity contribution is 7.93. The van der Waals surface area contributed by atoms with Crippen LogP contribution in [0.1, 0.15) is 32.8 Å². The number of ether oxygens (including phenoxy) is 1. The van der Waals surface area contributed by atoms with Gasteiger partial charge in [-0.2, -0.15) is 0 Å². The largest absolute Gasteiger partial charge is 0.443 e. The Kier molecular flexibility index (Phi) is 7.94. The van der Waals surface area contributed by atoms with Gasteiger partial charge >= 0.3 is 6.09 Å². The highest BCUT2D eigenvalue weighted by atomic mass is 35.5. The summed E-state index contributed by atoms with van der Waals surface area (Å²) < 4.78 is 77.7. The number of rotatable bonds is 7. The van der Waals surface area contributed by atoms with E-state index in [1.807, 2.05) is 0 Å². The number of nitrogens with zero attached hydrogens (tertiary/aromatic N) is 3. The van der Waals surface area contributed by atoms with Gasteiger partial charge in [-0.1, -0.05) is 23.7 Å². The number of hydrogen-bond donors (Lipinski definition) is 1. The number of carbonyl (C=O) groups excluding carboxylic acids is 1. The lowest BCUT2D eigenvalue weighted by molar-refractivity contribution is 0.0608. The fourth-order valence-corrected chi connectivity index (χ4v) is 5.91. The van der Waals surface area contributed by atoms with E-state index in [9.17, 15) is 17.6 Å². The molecule has 1 aliphatic heterocycles. The Bertz CT molecular complexity index is 1460. The lowest BCUT2D eigenvalue weighted by Crippen LogP contribution is -2.41. The van der Waals surface area contributed by atoms with E-state index in [4.69, 9.17) is 16.3 Å². The zero-order valence-corrected chi connectivity index (χ0v) is 23.0.